The molecule has 166 valence electrons. The molecule has 0 saturated heterocycles. The lowest BCUT2D eigenvalue weighted by Gasteiger charge is -2.24. The molecule has 32 heavy (non-hydrogen) atoms. The lowest BCUT2D eigenvalue weighted by Crippen LogP contribution is -2.38. The number of anilines is 2. The number of hydrogen-bond donors (Lipinski definition) is 1. The predicted molar refractivity (Wildman–Crippen MR) is 120 cm³/mol. The van der Waals surface area contributed by atoms with Crippen molar-refractivity contribution in [3.8, 4) is 5.75 Å². The summed E-state index contributed by atoms with van der Waals surface area (Å²) in [5.41, 5.74) is 0.952. The zero-order valence-electron chi connectivity index (χ0n) is 17.4. The predicted octanol–water partition coefficient (Wildman–Crippen LogP) is 3.75. The molecule has 3 aromatic carbocycles. The second kappa shape index (κ2) is 9.48. The summed E-state index contributed by atoms with van der Waals surface area (Å²) < 4.78 is 32.7. The lowest BCUT2D eigenvalue weighted by molar-refractivity contribution is -0.384. The number of ether oxygens (including phenoxy) is 1. The molecule has 0 atom stereocenters. The van der Waals surface area contributed by atoms with Crippen molar-refractivity contribution in [3.05, 3.63) is 88.5 Å². The van der Waals surface area contributed by atoms with Gasteiger partial charge >= 0.3 is 0 Å². The van der Waals surface area contributed by atoms with Crippen molar-refractivity contribution < 1.29 is 22.9 Å². The topological polar surface area (TPSA) is 119 Å². The number of nitrogens with one attached hydrogen (secondary N) is 1. The van der Waals surface area contributed by atoms with Crippen molar-refractivity contribution >= 4 is 33.0 Å². The van der Waals surface area contributed by atoms with E-state index in [1.807, 2.05) is 13.0 Å². The Labute approximate surface area is 185 Å². The number of amides is 1. The first kappa shape index (κ1) is 22.8. The highest BCUT2D eigenvalue weighted by atomic mass is 32.2. The second-order valence-corrected chi connectivity index (χ2v) is 8.72. The number of nitrogens with zero attached hydrogens (tertiary/aromatic N) is 2. The van der Waals surface area contributed by atoms with Crippen LogP contribution in [0.5, 0.6) is 5.75 Å². The van der Waals surface area contributed by atoms with E-state index in [-0.39, 0.29) is 16.3 Å². The molecule has 3 aromatic rings. The smallest absolute Gasteiger partial charge is 0.271 e. The van der Waals surface area contributed by atoms with Crippen molar-refractivity contribution in [3.63, 3.8) is 0 Å². The summed E-state index contributed by atoms with van der Waals surface area (Å²) >= 11 is 0. The first-order valence-corrected chi connectivity index (χ1v) is 10.9. The van der Waals surface area contributed by atoms with Crippen LogP contribution >= 0.6 is 0 Å². The van der Waals surface area contributed by atoms with Crippen LogP contribution in [0.3, 0.4) is 0 Å². The minimum absolute atomic E-state index is 0.00518. The van der Waals surface area contributed by atoms with E-state index in [0.29, 0.717) is 11.4 Å². The van der Waals surface area contributed by atoms with E-state index in [4.69, 9.17) is 4.74 Å². The summed E-state index contributed by atoms with van der Waals surface area (Å²) in [6.07, 6.45) is 0. The standard InChI is InChI=1S/C22H21N3O6S/c1-16-11-12-21(31-2)20(13-16)23-22(26)15-24(17-7-6-8-18(14-17)25(27)28)32(29,30)19-9-4-3-5-10-19/h3-14H,15H2,1-2H3,(H,23,26). The van der Waals surface area contributed by atoms with Crippen molar-refractivity contribution in [2.75, 3.05) is 23.3 Å². The van der Waals surface area contributed by atoms with Crippen LogP contribution in [0.4, 0.5) is 17.1 Å². The third-order valence-electron chi connectivity index (χ3n) is 4.58. The number of nitro benzene ring substituents is 1. The van der Waals surface area contributed by atoms with Gasteiger partial charge in [-0.1, -0.05) is 30.3 Å². The van der Waals surface area contributed by atoms with Crippen LogP contribution in [0.25, 0.3) is 0 Å². The molecule has 3 rings (SSSR count). The molecule has 0 heterocycles. The largest absolute Gasteiger partial charge is 0.495 e. The van der Waals surface area contributed by atoms with E-state index in [1.165, 1.54) is 37.4 Å². The molecule has 0 aliphatic carbocycles. The van der Waals surface area contributed by atoms with Crippen molar-refractivity contribution in [1.29, 1.82) is 0 Å². The summed E-state index contributed by atoms with van der Waals surface area (Å²) in [5.74, 6) is -0.225. The van der Waals surface area contributed by atoms with Gasteiger partial charge in [-0.2, -0.15) is 0 Å². The molecule has 0 aliphatic rings. The lowest BCUT2D eigenvalue weighted by atomic mass is 10.2. The molecule has 0 spiro atoms. The van der Waals surface area contributed by atoms with Gasteiger partial charge in [0, 0.05) is 12.1 Å². The van der Waals surface area contributed by atoms with Crippen LogP contribution in [-0.2, 0) is 14.8 Å². The van der Waals surface area contributed by atoms with E-state index >= 15 is 0 Å². The number of sulfonamides is 1. The maximum atomic E-state index is 13.3. The number of hydrogen-bond acceptors (Lipinski definition) is 6. The average Bonchev–Trinajstić information content (AvgIpc) is 2.78. The van der Waals surface area contributed by atoms with Gasteiger partial charge in [0.05, 0.1) is 28.3 Å². The van der Waals surface area contributed by atoms with E-state index in [0.717, 1.165) is 15.9 Å². The summed E-state index contributed by atoms with van der Waals surface area (Å²) in [6, 6.07) is 17.8. The third kappa shape index (κ3) is 5.03. The van der Waals surface area contributed by atoms with Crippen LogP contribution in [0.15, 0.2) is 77.7 Å². The minimum Gasteiger partial charge on any atom is -0.495 e. The van der Waals surface area contributed by atoms with Gasteiger partial charge in [0.2, 0.25) is 5.91 Å². The van der Waals surface area contributed by atoms with E-state index in [9.17, 15) is 23.3 Å². The van der Waals surface area contributed by atoms with Gasteiger partial charge in [0.25, 0.3) is 15.7 Å². The van der Waals surface area contributed by atoms with E-state index < -0.39 is 27.4 Å². The molecule has 0 aliphatic heterocycles. The highest BCUT2D eigenvalue weighted by Gasteiger charge is 2.28. The maximum absolute atomic E-state index is 13.3. The van der Waals surface area contributed by atoms with Crippen LogP contribution in [0.1, 0.15) is 5.56 Å². The number of carbonyl (C=O) groups excluding carboxylic acids is 1. The summed E-state index contributed by atoms with van der Waals surface area (Å²) in [4.78, 5) is 23.4. The Kier molecular flexibility index (Phi) is 6.74. The van der Waals surface area contributed by atoms with Gasteiger partial charge in [0.15, 0.2) is 0 Å². The SMILES string of the molecule is COc1ccc(C)cc1NC(=O)CN(c1cccc([N+](=O)[O-])c1)S(=O)(=O)c1ccccc1. The average molecular weight is 455 g/mol. The molecule has 0 unspecified atom stereocenters. The quantitative estimate of drug-likeness (QED) is 0.408. The van der Waals surface area contributed by atoms with Crippen molar-refractivity contribution in [2.24, 2.45) is 0 Å². The molecule has 0 saturated carbocycles. The zero-order valence-corrected chi connectivity index (χ0v) is 18.2. The molecule has 10 heteroatoms. The number of carbonyl (C=O) groups is 1. The number of aryl methyl sites for hydroxylation is 1. The van der Waals surface area contributed by atoms with Gasteiger partial charge in [-0.05, 0) is 42.8 Å². The number of methoxy groups -OCH3 is 1. The van der Waals surface area contributed by atoms with Gasteiger partial charge in [-0.15, -0.1) is 0 Å². The van der Waals surface area contributed by atoms with E-state index in [2.05, 4.69) is 5.32 Å². The Balaban J connectivity index is 2.00. The third-order valence-corrected chi connectivity index (χ3v) is 6.36. The van der Waals surface area contributed by atoms with Gasteiger partial charge in [0.1, 0.15) is 12.3 Å². The van der Waals surface area contributed by atoms with Crippen molar-refractivity contribution in [1.82, 2.24) is 0 Å². The fraction of sp³-hybridized carbons (Fsp3) is 0.136. The van der Waals surface area contributed by atoms with Gasteiger partial charge in [-0.3, -0.25) is 19.2 Å². The van der Waals surface area contributed by atoms with Crippen LogP contribution < -0.4 is 14.4 Å². The Hall–Kier alpha value is -3.92. The Morgan fingerprint density at radius 1 is 1.06 bits per heavy atom. The molecular formula is C22H21N3O6S. The van der Waals surface area contributed by atoms with Gasteiger partial charge in [-0.25, -0.2) is 8.42 Å². The highest BCUT2D eigenvalue weighted by Crippen LogP contribution is 2.28. The number of rotatable bonds is 8. The number of benzene rings is 3. The van der Waals surface area contributed by atoms with Crippen LogP contribution in [0, 0.1) is 17.0 Å². The molecule has 9 nitrogen and oxygen atoms in total. The molecule has 0 aromatic heterocycles. The van der Waals surface area contributed by atoms with Gasteiger partial charge < -0.3 is 10.1 Å². The van der Waals surface area contributed by atoms with Crippen molar-refractivity contribution in [2.45, 2.75) is 11.8 Å². The minimum atomic E-state index is -4.19. The van der Waals surface area contributed by atoms with Crippen LogP contribution in [-0.4, -0.2) is 32.9 Å². The number of nitro groups is 1. The second-order valence-electron chi connectivity index (χ2n) is 6.85. The first-order chi connectivity index (χ1) is 15.2. The molecule has 0 radical (unpaired) electrons. The molecular weight excluding hydrogens is 434 g/mol. The monoisotopic (exact) mass is 455 g/mol. The summed E-state index contributed by atoms with van der Waals surface area (Å²) in [5, 5.41) is 13.9. The summed E-state index contributed by atoms with van der Waals surface area (Å²) in [7, 11) is -2.74. The first-order valence-electron chi connectivity index (χ1n) is 9.49. The highest BCUT2D eigenvalue weighted by molar-refractivity contribution is 7.92. The molecule has 0 fully saturated rings. The molecule has 1 N–H and O–H groups in total. The Morgan fingerprint density at radius 3 is 2.44 bits per heavy atom. The Bertz CT molecular complexity index is 1250. The Morgan fingerprint density at radius 2 is 1.78 bits per heavy atom. The van der Waals surface area contributed by atoms with Crippen LogP contribution in [0.2, 0.25) is 0 Å². The number of non-ortho nitro benzene ring substituents is 1. The summed E-state index contributed by atoms with van der Waals surface area (Å²) in [6.45, 7) is 1.24. The van der Waals surface area contributed by atoms with E-state index in [1.54, 1.807) is 30.3 Å². The molecule has 0 bridgehead atoms. The zero-order chi connectivity index (χ0) is 23.3. The fourth-order valence-corrected chi connectivity index (χ4v) is 4.47. The fourth-order valence-electron chi connectivity index (χ4n) is 3.04. The molecule has 1 amide bonds. The normalized spacial score (nSPS) is 10.9. The maximum Gasteiger partial charge on any atom is 0.271 e.